The van der Waals surface area contributed by atoms with Gasteiger partial charge in [0.25, 0.3) is 0 Å². The summed E-state index contributed by atoms with van der Waals surface area (Å²) in [6.07, 6.45) is 3.76. The minimum atomic E-state index is -0.176. The summed E-state index contributed by atoms with van der Waals surface area (Å²) >= 11 is 0. The van der Waals surface area contributed by atoms with Gasteiger partial charge in [0.05, 0.1) is 6.20 Å². The Balaban J connectivity index is 0.00000259. The maximum Gasteiger partial charge on any atom is 0.220 e. The SMILES string of the molecule is C.CC(Oc1cc(-c2ccc(N3CCNCC3)cc2)cn2ncc(C#N)c12)C1CNC(=O)C1. The van der Waals surface area contributed by atoms with Crippen LogP contribution in [0, 0.1) is 17.2 Å². The molecule has 172 valence electrons. The van der Waals surface area contributed by atoms with Crippen molar-refractivity contribution < 1.29 is 9.53 Å². The lowest BCUT2D eigenvalue weighted by molar-refractivity contribution is -0.119. The van der Waals surface area contributed by atoms with Gasteiger partial charge in [-0.3, -0.25) is 4.79 Å². The highest BCUT2D eigenvalue weighted by Crippen LogP contribution is 2.33. The summed E-state index contributed by atoms with van der Waals surface area (Å²) in [7, 11) is 0. The van der Waals surface area contributed by atoms with E-state index in [0.29, 0.717) is 29.8 Å². The van der Waals surface area contributed by atoms with Crippen molar-refractivity contribution in [2.24, 2.45) is 5.92 Å². The van der Waals surface area contributed by atoms with Gasteiger partial charge < -0.3 is 20.3 Å². The molecular formula is C25H30N6O2. The molecule has 1 aromatic carbocycles. The first-order chi connectivity index (χ1) is 15.6. The molecule has 5 rings (SSSR count). The van der Waals surface area contributed by atoms with E-state index in [4.69, 9.17) is 4.74 Å². The third kappa shape index (κ3) is 4.50. The fourth-order valence-electron chi connectivity index (χ4n) is 4.46. The highest BCUT2D eigenvalue weighted by atomic mass is 16.5. The summed E-state index contributed by atoms with van der Waals surface area (Å²) in [6, 6.07) is 12.7. The first-order valence-corrected chi connectivity index (χ1v) is 11.0. The van der Waals surface area contributed by atoms with Crippen molar-refractivity contribution in [3.05, 3.63) is 48.3 Å². The van der Waals surface area contributed by atoms with Crippen LogP contribution in [-0.4, -0.2) is 54.3 Å². The van der Waals surface area contributed by atoms with E-state index >= 15 is 0 Å². The fraction of sp³-hybridized carbons (Fsp3) is 0.400. The summed E-state index contributed by atoms with van der Waals surface area (Å²) in [4.78, 5) is 14.0. The van der Waals surface area contributed by atoms with Crippen molar-refractivity contribution in [1.29, 1.82) is 5.26 Å². The summed E-state index contributed by atoms with van der Waals surface area (Å²) < 4.78 is 8.03. The Hall–Kier alpha value is -3.57. The van der Waals surface area contributed by atoms with Crippen LogP contribution in [0.25, 0.3) is 16.6 Å². The smallest absolute Gasteiger partial charge is 0.220 e. The number of amides is 1. The lowest BCUT2D eigenvalue weighted by atomic mass is 10.0. The van der Waals surface area contributed by atoms with Gasteiger partial charge in [-0.05, 0) is 30.7 Å². The lowest BCUT2D eigenvalue weighted by Crippen LogP contribution is -2.43. The number of anilines is 1. The van der Waals surface area contributed by atoms with Crippen LogP contribution in [0.2, 0.25) is 0 Å². The average molecular weight is 447 g/mol. The second-order valence-corrected chi connectivity index (χ2v) is 8.43. The zero-order valence-electron chi connectivity index (χ0n) is 18.0. The van der Waals surface area contributed by atoms with Gasteiger partial charge in [-0.25, -0.2) is 4.52 Å². The molecular weight excluding hydrogens is 416 g/mol. The Bertz CT molecular complexity index is 1170. The minimum Gasteiger partial charge on any atom is -0.488 e. The molecule has 8 heteroatoms. The Morgan fingerprint density at radius 1 is 1.21 bits per heavy atom. The predicted molar refractivity (Wildman–Crippen MR) is 128 cm³/mol. The second-order valence-electron chi connectivity index (χ2n) is 8.43. The quantitative estimate of drug-likeness (QED) is 0.626. The molecule has 4 heterocycles. The number of fused-ring (bicyclic) bond motifs is 1. The van der Waals surface area contributed by atoms with Gasteiger partial charge in [0.15, 0.2) is 0 Å². The van der Waals surface area contributed by atoms with E-state index in [1.807, 2.05) is 19.2 Å². The van der Waals surface area contributed by atoms with Gasteiger partial charge in [0, 0.05) is 62.5 Å². The molecule has 0 saturated carbocycles. The van der Waals surface area contributed by atoms with Crippen LogP contribution in [0.15, 0.2) is 42.7 Å². The minimum absolute atomic E-state index is 0. The number of hydrogen-bond acceptors (Lipinski definition) is 6. The van der Waals surface area contributed by atoms with Crippen LogP contribution >= 0.6 is 0 Å². The molecule has 0 spiro atoms. The molecule has 0 bridgehead atoms. The summed E-state index contributed by atoms with van der Waals surface area (Å²) in [5.74, 6) is 0.753. The highest BCUT2D eigenvalue weighted by Gasteiger charge is 2.29. The van der Waals surface area contributed by atoms with Crippen molar-refractivity contribution >= 4 is 17.1 Å². The third-order valence-corrected chi connectivity index (χ3v) is 6.37. The number of benzene rings is 1. The van der Waals surface area contributed by atoms with E-state index in [2.05, 4.69) is 51.0 Å². The summed E-state index contributed by atoms with van der Waals surface area (Å²) in [5.41, 5.74) is 4.34. The van der Waals surface area contributed by atoms with Crippen LogP contribution in [0.1, 0.15) is 26.3 Å². The maximum absolute atomic E-state index is 11.6. The van der Waals surface area contributed by atoms with Crippen molar-refractivity contribution in [2.45, 2.75) is 26.9 Å². The number of piperazine rings is 1. The number of carbonyl (C=O) groups is 1. The van der Waals surface area contributed by atoms with Crippen molar-refractivity contribution in [3.8, 4) is 22.9 Å². The van der Waals surface area contributed by atoms with Gasteiger partial charge in [0.2, 0.25) is 5.91 Å². The molecule has 2 aromatic heterocycles. The number of nitrogens with zero attached hydrogens (tertiary/aromatic N) is 4. The van der Waals surface area contributed by atoms with Crippen LogP contribution in [0.5, 0.6) is 5.75 Å². The molecule has 2 unspecified atom stereocenters. The number of nitrogens with one attached hydrogen (secondary N) is 2. The molecule has 1 amide bonds. The number of carbonyl (C=O) groups excluding carboxylic acids is 1. The zero-order valence-corrected chi connectivity index (χ0v) is 18.0. The van der Waals surface area contributed by atoms with E-state index in [0.717, 1.165) is 37.3 Å². The number of aromatic nitrogens is 2. The number of rotatable bonds is 5. The van der Waals surface area contributed by atoms with Gasteiger partial charge in [-0.2, -0.15) is 10.4 Å². The zero-order chi connectivity index (χ0) is 22.1. The highest BCUT2D eigenvalue weighted by molar-refractivity contribution is 5.78. The molecule has 2 N–H and O–H groups in total. The normalized spacial score (nSPS) is 19.0. The van der Waals surface area contributed by atoms with E-state index in [1.165, 1.54) is 5.69 Å². The largest absolute Gasteiger partial charge is 0.488 e. The Morgan fingerprint density at radius 3 is 2.64 bits per heavy atom. The standard InChI is InChI=1S/C24H26N6O2.CH4/c1-16(18-11-23(31)27-13-18)32-22-10-19(15-30-24(22)20(12-25)14-28-30)17-2-4-21(5-3-17)29-8-6-26-7-9-29;/h2-5,10,14-16,18,26H,6-9,11,13H2,1H3,(H,27,31);1H4. The molecule has 2 aliphatic heterocycles. The predicted octanol–water partition coefficient (Wildman–Crippen LogP) is 2.82. The van der Waals surface area contributed by atoms with E-state index in [9.17, 15) is 10.1 Å². The molecule has 2 aliphatic rings. The molecule has 8 nitrogen and oxygen atoms in total. The number of nitriles is 1. The molecule has 0 radical (unpaired) electrons. The fourth-order valence-corrected chi connectivity index (χ4v) is 4.46. The second kappa shape index (κ2) is 9.51. The Kier molecular flexibility index (Phi) is 6.52. The molecule has 33 heavy (non-hydrogen) atoms. The van der Waals surface area contributed by atoms with Gasteiger partial charge in [0.1, 0.15) is 29.0 Å². The summed E-state index contributed by atoms with van der Waals surface area (Å²) in [5, 5.41) is 20.2. The summed E-state index contributed by atoms with van der Waals surface area (Å²) in [6.45, 7) is 6.58. The Labute approximate surface area is 194 Å². The molecule has 0 aliphatic carbocycles. The maximum atomic E-state index is 11.6. The van der Waals surface area contributed by atoms with Crippen LogP contribution < -0.4 is 20.3 Å². The average Bonchev–Trinajstić information content (AvgIpc) is 3.46. The van der Waals surface area contributed by atoms with Gasteiger partial charge >= 0.3 is 0 Å². The Morgan fingerprint density at radius 2 is 1.97 bits per heavy atom. The number of hydrogen-bond donors (Lipinski definition) is 2. The molecule has 3 aromatic rings. The van der Waals surface area contributed by atoms with Crippen LogP contribution in [0.3, 0.4) is 0 Å². The van der Waals surface area contributed by atoms with E-state index < -0.39 is 0 Å². The van der Waals surface area contributed by atoms with Gasteiger partial charge in [-0.15, -0.1) is 0 Å². The van der Waals surface area contributed by atoms with Crippen molar-refractivity contribution in [2.75, 3.05) is 37.6 Å². The third-order valence-electron chi connectivity index (χ3n) is 6.37. The van der Waals surface area contributed by atoms with Crippen molar-refractivity contribution in [1.82, 2.24) is 20.2 Å². The molecule has 2 fully saturated rings. The van der Waals surface area contributed by atoms with Crippen molar-refractivity contribution in [3.63, 3.8) is 0 Å². The van der Waals surface area contributed by atoms with Crippen LogP contribution in [-0.2, 0) is 4.79 Å². The van der Waals surface area contributed by atoms with E-state index in [-0.39, 0.29) is 25.4 Å². The molecule has 2 atom stereocenters. The van der Waals surface area contributed by atoms with E-state index in [1.54, 1.807) is 10.7 Å². The monoisotopic (exact) mass is 446 g/mol. The lowest BCUT2D eigenvalue weighted by Gasteiger charge is -2.29. The molecule has 2 saturated heterocycles. The van der Waals surface area contributed by atoms with Gasteiger partial charge in [-0.1, -0.05) is 19.6 Å². The number of pyridine rings is 1. The first kappa shape index (κ1) is 22.6. The first-order valence-electron chi connectivity index (χ1n) is 11.0. The number of ether oxygens (including phenoxy) is 1. The topological polar surface area (TPSA) is 94.7 Å². The van der Waals surface area contributed by atoms with Crippen LogP contribution in [0.4, 0.5) is 5.69 Å².